The summed E-state index contributed by atoms with van der Waals surface area (Å²) in [6.07, 6.45) is 2.88. The molecule has 0 aliphatic carbocycles. The van der Waals surface area contributed by atoms with Crippen LogP contribution in [0.4, 0.5) is 11.6 Å². The van der Waals surface area contributed by atoms with Gasteiger partial charge >= 0.3 is 0 Å². The molecule has 0 spiro atoms. The second-order valence-electron chi connectivity index (χ2n) is 5.22. The molecule has 0 aromatic carbocycles. The summed E-state index contributed by atoms with van der Waals surface area (Å²) in [4.78, 5) is 1.87. The van der Waals surface area contributed by atoms with Crippen molar-refractivity contribution in [3.05, 3.63) is 5.56 Å². The number of aliphatic hydroxyl groups is 1. The van der Waals surface area contributed by atoms with E-state index in [2.05, 4.69) is 5.10 Å². The predicted octanol–water partition coefficient (Wildman–Crippen LogP) is -0.657. The average Bonchev–Trinajstić information content (AvgIpc) is 2.99. The first-order valence-corrected chi connectivity index (χ1v) is 8.75. The van der Waals surface area contributed by atoms with Gasteiger partial charge in [0, 0.05) is 12.8 Å². The van der Waals surface area contributed by atoms with E-state index in [4.69, 9.17) is 5.73 Å². The Balaban J connectivity index is 2.32. The Hall–Kier alpha value is -1.79. The SMILES string of the molecule is CS(=O)(=O)CCn1nc(N2CCCC2CO)c(C#N)c1N. The minimum atomic E-state index is -3.14. The summed E-state index contributed by atoms with van der Waals surface area (Å²) >= 11 is 0. The Kier molecular flexibility index (Phi) is 4.39. The summed E-state index contributed by atoms with van der Waals surface area (Å²) in [5.74, 6) is 0.506. The van der Waals surface area contributed by atoms with Gasteiger partial charge in [0.2, 0.25) is 0 Å². The largest absolute Gasteiger partial charge is 0.394 e. The zero-order valence-electron chi connectivity index (χ0n) is 11.9. The maximum atomic E-state index is 11.2. The summed E-state index contributed by atoms with van der Waals surface area (Å²) in [6.45, 7) is 0.792. The smallest absolute Gasteiger partial charge is 0.171 e. The quantitative estimate of drug-likeness (QED) is 0.739. The molecule has 1 unspecified atom stereocenters. The Morgan fingerprint density at radius 3 is 2.86 bits per heavy atom. The van der Waals surface area contributed by atoms with Gasteiger partial charge in [0.05, 0.1) is 24.9 Å². The van der Waals surface area contributed by atoms with Crippen molar-refractivity contribution < 1.29 is 13.5 Å². The minimum Gasteiger partial charge on any atom is -0.394 e. The van der Waals surface area contributed by atoms with Gasteiger partial charge in [-0.3, -0.25) is 0 Å². The van der Waals surface area contributed by atoms with Gasteiger partial charge in [-0.15, -0.1) is 0 Å². The van der Waals surface area contributed by atoms with Gasteiger partial charge in [0.25, 0.3) is 0 Å². The van der Waals surface area contributed by atoms with E-state index < -0.39 is 9.84 Å². The Labute approximate surface area is 123 Å². The van der Waals surface area contributed by atoms with Crippen molar-refractivity contribution in [2.75, 3.05) is 35.8 Å². The number of aromatic nitrogens is 2. The lowest BCUT2D eigenvalue weighted by Crippen LogP contribution is -2.33. The predicted molar refractivity (Wildman–Crippen MR) is 78.5 cm³/mol. The molecule has 2 heterocycles. The molecule has 116 valence electrons. The molecule has 0 saturated carbocycles. The standard InChI is InChI=1S/C12H19N5O3S/c1-21(19,20)6-5-17-11(14)10(7-13)12(15-17)16-4-2-3-9(16)8-18/h9,18H,2-6,8,14H2,1H3. The zero-order valence-corrected chi connectivity index (χ0v) is 12.7. The topological polar surface area (TPSA) is 125 Å². The number of nitrogen functional groups attached to an aromatic ring is 1. The number of hydrogen-bond donors (Lipinski definition) is 2. The number of rotatable bonds is 5. The molecule has 1 fully saturated rings. The molecule has 8 nitrogen and oxygen atoms in total. The van der Waals surface area contributed by atoms with Crippen LogP contribution in [0, 0.1) is 11.3 Å². The van der Waals surface area contributed by atoms with Crippen molar-refractivity contribution in [2.24, 2.45) is 0 Å². The number of sulfone groups is 1. The maximum absolute atomic E-state index is 11.2. The lowest BCUT2D eigenvalue weighted by Gasteiger charge is -2.22. The highest BCUT2D eigenvalue weighted by Gasteiger charge is 2.30. The fraction of sp³-hybridized carbons (Fsp3) is 0.667. The molecular weight excluding hydrogens is 294 g/mol. The van der Waals surface area contributed by atoms with E-state index in [-0.39, 0.29) is 36.3 Å². The van der Waals surface area contributed by atoms with Gasteiger partial charge in [-0.25, -0.2) is 13.1 Å². The lowest BCUT2D eigenvalue weighted by molar-refractivity contribution is 0.266. The first-order valence-electron chi connectivity index (χ1n) is 6.69. The highest BCUT2D eigenvalue weighted by atomic mass is 32.2. The summed E-state index contributed by atoms with van der Waals surface area (Å²) in [6, 6.07) is 1.95. The van der Waals surface area contributed by atoms with Gasteiger partial charge < -0.3 is 15.7 Å². The Morgan fingerprint density at radius 1 is 1.57 bits per heavy atom. The molecule has 1 saturated heterocycles. The fourth-order valence-electron chi connectivity index (χ4n) is 2.50. The molecule has 9 heteroatoms. The summed E-state index contributed by atoms with van der Waals surface area (Å²) < 4.78 is 23.8. The van der Waals surface area contributed by atoms with E-state index >= 15 is 0 Å². The average molecular weight is 313 g/mol. The molecule has 0 bridgehead atoms. The van der Waals surface area contributed by atoms with Gasteiger partial charge in [-0.2, -0.15) is 10.4 Å². The molecular formula is C12H19N5O3S. The van der Waals surface area contributed by atoms with Crippen LogP contribution in [0.5, 0.6) is 0 Å². The normalized spacial score (nSPS) is 18.9. The molecule has 21 heavy (non-hydrogen) atoms. The Morgan fingerprint density at radius 2 is 2.29 bits per heavy atom. The fourth-order valence-corrected chi connectivity index (χ4v) is 3.00. The summed E-state index contributed by atoms with van der Waals surface area (Å²) in [5, 5.41) is 22.9. The van der Waals surface area contributed by atoms with Crippen LogP contribution in [0.15, 0.2) is 0 Å². The van der Waals surface area contributed by atoms with E-state index in [1.807, 2.05) is 11.0 Å². The van der Waals surface area contributed by atoms with Crippen LogP contribution in [0.25, 0.3) is 0 Å². The highest BCUT2D eigenvalue weighted by Crippen LogP contribution is 2.30. The van der Waals surface area contributed by atoms with Crippen molar-refractivity contribution in [3.63, 3.8) is 0 Å². The van der Waals surface area contributed by atoms with Gasteiger partial charge in [-0.1, -0.05) is 0 Å². The molecule has 1 aromatic heterocycles. The number of anilines is 2. The zero-order chi connectivity index (χ0) is 15.6. The van der Waals surface area contributed by atoms with Crippen LogP contribution < -0.4 is 10.6 Å². The van der Waals surface area contributed by atoms with Gasteiger partial charge in [0.15, 0.2) is 5.82 Å². The van der Waals surface area contributed by atoms with E-state index in [0.29, 0.717) is 12.4 Å². The highest BCUT2D eigenvalue weighted by molar-refractivity contribution is 7.90. The molecule has 2 rings (SSSR count). The Bertz CT molecular complexity index is 661. The van der Waals surface area contributed by atoms with E-state index in [9.17, 15) is 18.8 Å². The first-order chi connectivity index (χ1) is 9.87. The van der Waals surface area contributed by atoms with E-state index in [1.54, 1.807) is 0 Å². The molecule has 1 aliphatic rings. The maximum Gasteiger partial charge on any atom is 0.171 e. The van der Waals surface area contributed by atoms with E-state index in [0.717, 1.165) is 19.1 Å². The number of nitrogens with two attached hydrogens (primary N) is 1. The van der Waals surface area contributed by atoms with Crippen LogP contribution in [0.3, 0.4) is 0 Å². The van der Waals surface area contributed by atoms with Crippen molar-refractivity contribution in [2.45, 2.75) is 25.4 Å². The van der Waals surface area contributed by atoms with Crippen molar-refractivity contribution in [1.29, 1.82) is 5.26 Å². The molecule has 0 radical (unpaired) electrons. The summed E-state index contributed by atoms with van der Waals surface area (Å²) in [7, 11) is -3.14. The second-order valence-corrected chi connectivity index (χ2v) is 7.48. The minimum absolute atomic E-state index is 0.0129. The molecule has 1 atom stereocenters. The second kappa shape index (κ2) is 5.91. The van der Waals surface area contributed by atoms with Gasteiger partial charge in [-0.05, 0) is 12.8 Å². The van der Waals surface area contributed by atoms with Crippen molar-refractivity contribution in [3.8, 4) is 6.07 Å². The summed E-state index contributed by atoms with van der Waals surface area (Å²) in [5.41, 5.74) is 6.13. The number of nitriles is 1. The lowest BCUT2D eigenvalue weighted by atomic mass is 10.2. The van der Waals surface area contributed by atoms with Crippen molar-refractivity contribution in [1.82, 2.24) is 9.78 Å². The third-order valence-corrected chi connectivity index (χ3v) is 4.54. The number of nitrogens with zero attached hydrogens (tertiary/aromatic N) is 4. The third kappa shape index (κ3) is 3.28. The first kappa shape index (κ1) is 15.6. The van der Waals surface area contributed by atoms with Crippen LogP contribution >= 0.6 is 0 Å². The molecule has 1 aliphatic heterocycles. The number of aryl methyl sites for hydroxylation is 1. The number of aliphatic hydroxyl groups excluding tert-OH is 1. The van der Waals surface area contributed by atoms with Crippen LogP contribution in [0.1, 0.15) is 18.4 Å². The van der Waals surface area contributed by atoms with E-state index in [1.165, 1.54) is 4.68 Å². The number of hydrogen-bond acceptors (Lipinski definition) is 7. The molecule has 0 amide bonds. The molecule has 1 aromatic rings. The monoisotopic (exact) mass is 313 g/mol. The van der Waals surface area contributed by atoms with Crippen molar-refractivity contribution >= 4 is 21.5 Å². The van der Waals surface area contributed by atoms with Crippen LogP contribution in [0.2, 0.25) is 0 Å². The molecule has 3 N–H and O–H groups in total. The van der Waals surface area contributed by atoms with Crippen LogP contribution in [-0.4, -0.2) is 54.5 Å². The van der Waals surface area contributed by atoms with Gasteiger partial charge in [0.1, 0.15) is 27.3 Å². The van der Waals surface area contributed by atoms with Crippen LogP contribution in [-0.2, 0) is 16.4 Å². The third-order valence-electron chi connectivity index (χ3n) is 3.62.